The lowest BCUT2D eigenvalue weighted by Gasteiger charge is -2.30. The first-order chi connectivity index (χ1) is 10.1. The van der Waals surface area contributed by atoms with Crippen LogP contribution in [0.4, 0.5) is 5.69 Å². The van der Waals surface area contributed by atoms with E-state index in [2.05, 4.69) is 4.90 Å². The normalized spacial score (nSPS) is 20.9. The van der Waals surface area contributed by atoms with Crippen LogP contribution < -0.4 is 9.64 Å². The molecule has 3 rings (SSSR count). The third kappa shape index (κ3) is 3.16. The number of hydrogen-bond acceptors (Lipinski definition) is 3. The Labute approximate surface area is 130 Å². The van der Waals surface area contributed by atoms with Crippen LogP contribution in [0.1, 0.15) is 30.2 Å². The van der Waals surface area contributed by atoms with Gasteiger partial charge in [0.2, 0.25) is 0 Å². The van der Waals surface area contributed by atoms with E-state index in [1.54, 1.807) is 11.9 Å². The first-order valence-electron chi connectivity index (χ1n) is 7.55. The molecular weight excluding hydrogens is 288 g/mol. The summed E-state index contributed by atoms with van der Waals surface area (Å²) in [6.07, 6.45) is 3.85. The lowest BCUT2D eigenvalue weighted by Crippen LogP contribution is -2.35. The van der Waals surface area contributed by atoms with Crippen molar-refractivity contribution >= 4 is 23.2 Å². The van der Waals surface area contributed by atoms with Crippen molar-refractivity contribution in [1.82, 2.24) is 4.90 Å². The molecule has 1 unspecified atom stereocenters. The van der Waals surface area contributed by atoms with Crippen LogP contribution in [0.15, 0.2) is 18.2 Å². The summed E-state index contributed by atoms with van der Waals surface area (Å²) in [7, 11) is 1.78. The molecule has 1 aromatic rings. The molecule has 1 fully saturated rings. The first kappa shape index (κ1) is 14.7. The minimum absolute atomic E-state index is 0.0261. The maximum absolute atomic E-state index is 11.7. The van der Waals surface area contributed by atoms with E-state index in [4.69, 9.17) is 16.3 Å². The minimum Gasteiger partial charge on any atom is -0.482 e. The number of anilines is 1. The molecule has 4 nitrogen and oxygen atoms in total. The molecule has 0 aliphatic carbocycles. The third-order valence-corrected chi connectivity index (χ3v) is 4.69. The Kier molecular flexibility index (Phi) is 4.36. The number of rotatable bonds is 3. The van der Waals surface area contributed by atoms with Gasteiger partial charge < -0.3 is 14.5 Å². The Morgan fingerprint density at radius 2 is 2.05 bits per heavy atom. The highest BCUT2D eigenvalue weighted by molar-refractivity contribution is 6.21. The number of likely N-dealkylation sites (N-methyl/N-ethyl adjacent to an activating group) is 1. The number of ether oxygens (including phenoxy) is 1. The SMILES string of the molecule is CN1C(=O)COc2ccc(C(Cl)CN3CCCCC3)cc21. The Balaban J connectivity index is 1.74. The minimum atomic E-state index is -0.0566. The van der Waals surface area contributed by atoms with Gasteiger partial charge in [0, 0.05) is 13.6 Å². The van der Waals surface area contributed by atoms with E-state index in [1.807, 2.05) is 18.2 Å². The quantitative estimate of drug-likeness (QED) is 0.805. The average Bonchev–Trinajstić information content (AvgIpc) is 2.52. The number of carbonyl (C=O) groups excluding carboxylic acids is 1. The van der Waals surface area contributed by atoms with Crippen LogP contribution in [0.25, 0.3) is 0 Å². The molecule has 2 aliphatic heterocycles. The predicted octanol–water partition coefficient (Wildman–Crippen LogP) is 2.81. The summed E-state index contributed by atoms with van der Waals surface area (Å²) in [5.74, 6) is 0.726. The Hall–Kier alpha value is -1.26. The summed E-state index contributed by atoms with van der Waals surface area (Å²) < 4.78 is 5.45. The standard InChI is InChI=1S/C16H21ClN2O2/c1-18-14-9-12(5-6-15(14)21-11-16(18)20)13(17)10-19-7-3-2-4-8-19/h5-6,9,13H,2-4,7-8,10-11H2,1H3. The number of likely N-dealkylation sites (tertiary alicyclic amines) is 1. The largest absolute Gasteiger partial charge is 0.482 e. The molecular formula is C16H21ClN2O2. The second kappa shape index (κ2) is 6.24. The van der Waals surface area contributed by atoms with Crippen LogP contribution in [-0.2, 0) is 4.79 Å². The highest BCUT2D eigenvalue weighted by Gasteiger charge is 2.24. The van der Waals surface area contributed by atoms with E-state index < -0.39 is 0 Å². The molecule has 2 aliphatic rings. The predicted molar refractivity (Wildman–Crippen MR) is 84.2 cm³/mol. The number of nitrogens with zero attached hydrogens (tertiary/aromatic N) is 2. The van der Waals surface area contributed by atoms with Crippen molar-refractivity contribution in [3.05, 3.63) is 23.8 Å². The van der Waals surface area contributed by atoms with E-state index in [0.29, 0.717) is 0 Å². The Morgan fingerprint density at radius 1 is 1.29 bits per heavy atom. The summed E-state index contributed by atoms with van der Waals surface area (Å²) >= 11 is 6.58. The van der Waals surface area contributed by atoms with Gasteiger partial charge in [-0.3, -0.25) is 4.79 Å². The average molecular weight is 309 g/mol. The Bertz CT molecular complexity index is 529. The first-order valence-corrected chi connectivity index (χ1v) is 7.98. The number of halogens is 1. The number of benzene rings is 1. The summed E-state index contributed by atoms with van der Waals surface area (Å²) in [5.41, 5.74) is 1.86. The Morgan fingerprint density at radius 3 is 2.81 bits per heavy atom. The fraction of sp³-hybridized carbons (Fsp3) is 0.562. The van der Waals surface area contributed by atoms with Crippen molar-refractivity contribution in [3.63, 3.8) is 0 Å². The topological polar surface area (TPSA) is 32.8 Å². The molecule has 21 heavy (non-hydrogen) atoms. The van der Waals surface area contributed by atoms with E-state index in [0.717, 1.165) is 36.6 Å². The van der Waals surface area contributed by atoms with E-state index >= 15 is 0 Å². The van der Waals surface area contributed by atoms with Crippen molar-refractivity contribution < 1.29 is 9.53 Å². The monoisotopic (exact) mass is 308 g/mol. The molecule has 1 amide bonds. The fourth-order valence-electron chi connectivity index (χ4n) is 2.96. The van der Waals surface area contributed by atoms with Crippen molar-refractivity contribution in [2.24, 2.45) is 0 Å². The van der Waals surface area contributed by atoms with Crippen LogP contribution in [0.3, 0.4) is 0 Å². The van der Waals surface area contributed by atoms with Gasteiger partial charge in [-0.1, -0.05) is 12.5 Å². The van der Waals surface area contributed by atoms with Crippen LogP contribution in [-0.4, -0.2) is 44.1 Å². The lowest BCUT2D eigenvalue weighted by molar-refractivity contribution is -0.120. The second-order valence-electron chi connectivity index (χ2n) is 5.80. The summed E-state index contributed by atoms with van der Waals surface area (Å²) in [4.78, 5) is 15.8. The van der Waals surface area contributed by atoms with Gasteiger partial charge in [-0.05, 0) is 43.6 Å². The highest BCUT2D eigenvalue weighted by Crippen LogP contribution is 2.35. The van der Waals surface area contributed by atoms with Crippen molar-refractivity contribution in [1.29, 1.82) is 0 Å². The van der Waals surface area contributed by atoms with Gasteiger partial charge >= 0.3 is 0 Å². The zero-order valence-electron chi connectivity index (χ0n) is 12.3. The molecule has 114 valence electrons. The van der Waals surface area contributed by atoms with Gasteiger partial charge in [-0.15, -0.1) is 11.6 Å². The molecule has 2 heterocycles. The third-order valence-electron chi connectivity index (χ3n) is 4.30. The van der Waals surface area contributed by atoms with Crippen LogP contribution in [0, 0.1) is 0 Å². The summed E-state index contributed by atoms with van der Waals surface area (Å²) in [6, 6.07) is 5.90. The molecule has 0 radical (unpaired) electrons. The molecule has 5 heteroatoms. The van der Waals surface area contributed by atoms with Gasteiger partial charge in [-0.2, -0.15) is 0 Å². The van der Waals surface area contributed by atoms with Crippen molar-refractivity contribution in [3.8, 4) is 5.75 Å². The number of piperidine rings is 1. The zero-order chi connectivity index (χ0) is 14.8. The smallest absolute Gasteiger partial charge is 0.264 e. The van der Waals surface area contributed by atoms with Gasteiger partial charge in [0.05, 0.1) is 11.1 Å². The molecule has 0 bridgehead atoms. The number of fused-ring (bicyclic) bond motifs is 1. The number of carbonyl (C=O) groups is 1. The van der Waals surface area contributed by atoms with E-state index in [9.17, 15) is 4.79 Å². The second-order valence-corrected chi connectivity index (χ2v) is 6.32. The molecule has 1 atom stereocenters. The maximum Gasteiger partial charge on any atom is 0.264 e. The fourth-order valence-corrected chi connectivity index (χ4v) is 3.29. The molecule has 0 spiro atoms. The van der Waals surface area contributed by atoms with E-state index in [-0.39, 0.29) is 17.9 Å². The van der Waals surface area contributed by atoms with Crippen LogP contribution in [0.5, 0.6) is 5.75 Å². The zero-order valence-corrected chi connectivity index (χ0v) is 13.1. The van der Waals surface area contributed by atoms with Crippen LogP contribution in [0.2, 0.25) is 0 Å². The number of alkyl halides is 1. The van der Waals surface area contributed by atoms with Crippen LogP contribution >= 0.6 is 11.6 Å². The molecule has 0 N–H and O–H groups in total. The van der Waals surface area contributed by atoms with Gasteiger partial charge in [0.25, 0.3) is 5.91 Å². The highest BCUT2D eigenvalue weighted by atomic mass is 35.5. The van der Waals surface area contributed by atoms with E-state index in [1.165, 1.54) is 19.3 Å². The maximum atomic E-state index is 11.7. The van der Waals surface area contributed by atoms with Gasteiger partial charge in [0.1, 0.15) is 5.75 Å². The molecule has 0 aromatic heterocycles. The van der Waals surface area contributed by atoms with Crippen molar-refractivity contribution in [2.45, 2.75) is 24.6 Å². The van der Waals surface area contributed by atoms with Gasteiger partial charge in [0.15, 0.2) is 6.61 Å². The van der Waals surface area contributed by atoms with Crippen molar-refractivity contribution in [2.75, 3.05) is 38.2 Å². The summed E-state index contributed by atoms with van der Waals surface area (Å²) in [6.45, 7) is 3.24. The molecule has 1 saturated heterocycles. The number of hydrogen-bond donors (Lipinski definition) is 0. The van der Waals surface area contributed by atoms with Gasteiger partial charge in [-0.25, -0.2) is 0 Å². The number of amides is 1. The summed E-state index contributed by atoms with van der Waals surface area (Å²) in [5, 5.41) is -0.0566. The molecule has 1 aromatic carbocycles. The lowest BCUT2D eigenvalue weighted by atomic mass is 10.1. The molecule has 0 saturated carbocycles.